The first-order chi connectivity index (χ1) is 9.02. The number of allylic oxidation sites excluding steroid dienone is 3. The maximum Gasteiger partial charge on any atom is 0.267 e. The number of hydrogen-bond donors (Lipinski definition) is 0. The zero-order valence-corrected chi connectivity index (χ0v) is 11.8. The van der Waals surface area contributed by atoms with Gasteiger partial charge in [0.25, 0.3) is 5.91 Å². The number of carbonyl (C=O) groups is 2. The van der Waals surface area contributed by atoms with Crippen LogP contribution in [0.25, 0.3) is 0 Å². The number of amides is 1. The van der Waals surface area contributed by atoms with Crippen molar-refractivity contribution in [1.82, 2.24) is 9.80 Å². The molecule has 100 valence electrons. The lowest BCUT2D eigenvalue weighted by Gasteiger charge is -2.17. The van der Waals surface area contributed by atoms with Crippen molar-refractivity contribution in [3.8, 4) is 0 Å². The Hall–Kier alpha value is -1.60. The molecule has 7 heteroatoms. The minimum atomic E-state index is -1.32. The Labute approximate surface area is 120 Å². The van der Waals surface area contributed by atoms with Crippen LogP contribution in [0.15, 0.2) is 35.0 Å². The molecule has 0 aromatic carbocycles. The number of hydrogen-bond acceptors (Lipinski definition) is 6. The predicted octanol–water partition coefficient (Wildman–Crippen LogP) is 0.214. The third-order valence-electron chi connectivity index (χ3n) is 2.65. The number of nitrogens with zero attached hydrogens (tertiary/aromatic N) is 2. The van der Waals surface area contributed by atoms with Crippen LogP contribution in [0.3, 0.4) is 0 Å². The van der Waals surface area contributed by atoms with E-state index >= 15 is 0 Å². The molecular weight excluding hydrogens is 284 g/mol. The van der Waals surface area contributed by atoms with Crippen molar-refractivity contribution in [1.29, 1.82) is 0 Å². The SMILES string of the molecule is CCN1C=CC(=C2SC(=S)N(CC(=O)[O-])C2=O)C=C1. The van der Waals surface area contributed by atoms with E-state index in [2.05, 4.69) is 0 Å². The van der Waals surface area contributed by atoms with Crippen molar-refractivity contribution in [2.75, 3.05) is 13.1 Å². The van der Waals surface area contributed by atoms with Crippen molar-refractivity contribution in [2.24, 2.45) is 0 Å². The van der Waals surface area contributed by atoms with Gasteiger partial charge in [-0.1, -0.05) is 24.0 Å². The van der Waals surface area contributed by atoms with Gasteiger partial charge < -0.3 is 14.8 Å². The summed E-state index contributed by atoms with van der Waals surface area (Å²) in [5.41, 5.74) is 0.739. The molecule has 0 spiro atoms. The molecule has 2 rings (SSSR count). The molecule has 2 heterocycles. The molecule has 0 saturated carbocycles. The Morgan fingerprint density at radius 1 is 1.42 bits per heavy atom. The van der Waals surface area contributed by atoms with E-state index in [0.717, 1.165) is 28.8 Å². The first-order valence-corrected chi connectivity index (χ1v) is 6.85. The van der Waals surface area contributed by atoms with E-state index in [0.29, 0.717) is 4.91 Å². The maximum absolute atomic E-state index is 12.1. The van der Waals surface area contributed by atoms with Crippen molar-refractivity contribution in [2.45, 2.75) is 6.92 Å². The van der Waals surface area contributed by atoms with Crippen LogP contribution in [-0.4, -0.2) is 39.1 Å². The summed E-state index contributed by atoms with van der Waals surface area (Å²) >= 11 is 6.13. The molecular formula is C12H11N2O3S2-. The lowest BCUT2D eigenvalue weighted by Crippen LogP contribution is -2.40. The van der Waals surface area contributed by atoms with Crippen LogP contribution in [0.5, 0.6) is 0 Å². The van der Waals surface area contributed by atoms with Crippen LogP contribution in [0, 0.1) is 0 Å². The molecule has 0 aromatic rings. The topological polar surface area (TPSA) is 63.7 Å². The highest BCUT2D eigenvalue weighted by molar-refractivity contribution is 8.26. The quantitative estimate of drug-likeness (QED) is 0.548. The molecule has 2 aliphatic heterocycles. The number of carboxylic acid groups (broad SMARTS) is 1. The first-order valence-electron chi connectivity index (χ1n) is 5.63. The first kappa shape index (κ1) is 13.8. The maximum atomic E-state index is 12.1. The van der Waals surface area contributed by atoms with Gasteiger partial charge in [0.05, 0.1) is 17.4 Å². The summed E-state index contributed by atoms with van der Waals surface area (Å²) in [6.45, 7) is 2.35. The zero-order chi connectivity index (χ0) is 14.0. The largest absolute Gasteiger partial charge is 0.548 e. The van der Waals surface area contributed by atoms with E-state index in [-0.39, 0.29) is 10.2 Å². The van der Waals surface area contributed by atoms with Crippen LogP contribution < -0.4 is 5.11 Å². The van der Waals surface area contributed by atoms with Crippen LogP contribution in [0.1, 0.15) is 6.92 Å². The standard InChI is InChI=1S/C12H12N2O3S2/c1-2-13-5-3-8(4-6-13)10-11(17)14(7-9(15)16)12(18)19-10/h3-6H,2,7H2,1H3,(H,15,16)/p-1. The van der Waals surface area contributed by atoms with E-state index < -0.39 is 12.5 Å². The van der Waals surface area contributed by atoms with Gasteiger partial charge in [-0.05, 0) is 24.6 Å². The molecule has 5 nitrogen and oxygen atoms in total. The number of aliphatic carboxylic acids is 1. The molecule has 0 N–H and O–H groups in total. The molecule has 0 bridgehead atoms. The van der Waals surface area contributed by atoms with Crippen LogP contribution in [-0.2, 0) is 9.59 Å². The molecule has 0 unspecified atom stereocenters. The number of carboxylic acids is 1. The highest BCUT2D eigenvalue weighted by Gasteiger charge is 2.33. The van der Waals surface area contributed by atoms with Gasteiger partial charge in [0.15, 0.2) is 0 Å². The molecule has 2 aliphatic rings. The number of thiocarbonyl (C=S) groups is 1. The van der Waals surface area contributed by atoms with Crippen LogP contribution in [0.2, 0.25) is 0 Å². The molecule has 0 aromatic heterocycles. The lowest BCUT2D eigenvalue weighted by atomic mass is 10.2. The second-order valence-electron chi connectivity index (χ2n) is 3.88. The average molecular weight is 295 g/mol. The summed E-state index contributed by atoms with van der Waals surface area (Å²) in [5.74, 6) is -1.71. The highest BCUT2D eigenvalue weighted by atomic mass is 32.2. The second-order valence-corrected chi connectivity index (χ2v) is 5.52. The summed E-state index contributed by atoms with van der Waals surface area (Å²) in [5, 5.41) is 10.6. The van der Waals surface area contributed by atoms with Gasteiger partial charge in [-0.2, -0.15) is 0 Å². The molecule has 0 radical (unpaired) electrons. The van der Waals surface area contributed by atoms with Gasteiger partial charge in [-0.3, -0.25) is 9.69 Å². The zero-order valence-electron chi connectivity index (χ0n) is 10.2. The Morgan fingerprint density at radius 3 is 2.58 bits per heavy atom. The molecule has 0 atom stereocenters. The van der Waals surface area contributed by atoms with E-state index in [1.165, 1.54) is 0 Å². The fraction of sp³-hybridized carbons (Fsp3) is 0.250. The van der Waals surface area contributed by atoms with Crippen LogP contribution >= 0.6 is 24.0 Å². The van der Waals surface area contributed by atoms with Crippen LogP contribution in [0.4, 0.5) is 0 Å². The summed E-state index contributed by atoms with van der Waals surface area (Å²) in [6.07, 6.45) is 7.35. The minimum absolute atomic E-state index is 0.247. The number of thioether (sulfide) groups is 1. The highest BCUT2D eigenvalue weighted by Crippen LogP contribution is 2.34. The van der Waals surface area contributed by atoms with Gasteiger partial charge in [0, 0.05) is 18.9 Å². The molecule has 19 heavy (non-hydrogen) atoms. The van der Waals surface area contributed by atoms with Crippen molar-refractivity contribution >= 4 is 40.2 Å². The molecule has 1 saturated heterocycles. The summed E-state index contributed by atoms with van der Waals surface area (Å²) in [7, 11) is 0. The Bertz CT molecular complexity index is 521. The van der Waals surface area contributed by atoms with Gasteiger partial charge in [0.2, 0.25) is 0 Å². The van der Waals surface area contributed by atoms with Gasteiger partial charge in [-0.15, -0.1) is 0 Å². The smallest absolute Gasteiger partial charge is 0.267 e. The third kappa shape index (κ3) is 2.87. The normalized spacial score (nSPS) is 18.8. The van der Waals surface area contributed by atoms with Gasteiger partial charge in [-0.25, -0.2) is 0 Å². The fourth-order valence-corrected chi connectivity index (χ4v) is 2.94. The Balaban J connectivity index is 2.24. The second kappa shape index (κ2) is 5.58. The van der Waals surface area contributed by atoms with Gasteiger partial charge in [0.1, 0.15) is 4.32 Å². The van der Waals surface area contributed by atoms with E-state index in [9.17, 15) is 14.7 Å². The summed E-state index contributed by atoms with van der Waals surface area (Å²) in [6, 6.07) is 0. The average Bonchev–Trinajstić information content (AvgIpc) is 2.66. The lowest BCUT2D eigenvalue weighted by molar-refractivity contribution is -0.305. The van der Waals surface area contributed by atoms with Gasteiger partial charge >= 0.3 is 0 Å². The molecule has 1 amide bonds. The predicted molar refractivity (Wildman–Crippen MR) is 74.6 cm³/mol. The third-order valence-corrected chi connectivity index (χ3v) is 4.13. The van der Waals surface area contributed by atoms with E-state index in [1.54, 1.807) is 0 Å². The van der Waals surface area contributed by atoms with E-state index in [1.807, 2.05) is 36.4 Å². The fourth-order valence-electron chi connectivity index (χ4n) is 1.66. The Morgan fingerprint density at radius 2 is 2.05 bits per heavy atom. The number of rotatable bonds is 3. The monoisotopic (exact) mass is 295 g/mol. The van der Waals surface area contributed by atoms with Crippen molar-refractivity contribution < 1.29 is 14.7 Å². The minimum Gasteiger partial charge on any atom is -0.548 e. The van der Waals surface area contributed by atoms with Crippen molar-refractivity contribution in [3.63, 3.8) is 0 Å². The molecule has 0 aliphatic carbocycles. The summed E-state index contributed by atoms with van der Waals surface area (Å²) in [4.78, 5) is 26.1. The Kier molecular flexibility index (Phi) is 4.06. The summed E-state index contributed by atoms with van der Waals surface area (Å²) < 4.78 is 0.247. The number of carbonyl (C=O) groups excluding carboxylic acids is 2. The van der Waals surface area contributed by atoms with E-state index in [4.69, 9.17) is 12.2 Å². The molecule has 1 fully saturated rings. The van der Waals surface area contributed by atoms with Crippen molar-refractivity contribution in [3.05, 3.63) is 35.0 Å².